The number of amides is 1. The summed E-state index contributed by atoms with van der Waals surface area (Å²) in [4.78, 5) is 18.5. The summed E-state index contributed by atoms with van der Waals surface area (Å²) in [6.07, 6.45) is 1.94. The summed E-state index contributed by atoms with van der Waals surface area (Å²) in [7, 11) is 0. The molecule has 1 fully saturated rings. The average molecular weight is 319 g/mol. The largest absolute Gasteiger partial charge is 0.465 e. The van der Waals surface area contributed by atoms with E-state index in [-0.39, 0.29) is 18.6 Å². The van der Waals surface area contributed by atoms with E-state index < -0.39 is 0 Å². The van der Waals surface area contributed by atoms with Crippen molar-refractivity contribution in [2.24, 2.45) is 0 Å². The first-order valence-electron chi connectivity index (χ1n) is 7.76. The maximum atomic E-state index is 12.3. The van der Waals surface area contributed by atoms with E-state index in [1.54, 1.807) is 13.0 Å². The molecule has 0 aromatic carbocycles. The molecule has 2 aromatic rings. The molecule has 3 rings (SSSR count). The Morgan fingerprint density at radius 2 is 2.26 bits per heavy atom. The van der Waals surface area contributed by atoms with Gasteiger partial charge >= 0.3 is 0 Å². The molecule has 8 nitrogen and oxygen atoms in total. The van der Waals surface area contributed by atoms with Crippen molar-refractivity contribution in [3.8, 4) is 5.88 Å². The summed E-state index contributed by atoms with van der Waals surface area (Å²) in [5.74, 6) is 2.59. The lowest BCUT2D eigenvalue weighted by molar-refractivity contribution is -0.135. The Hall–Kier alpha value is -2.38. The number of hydrogen-bond acceptors (Lipinski definition) is 6. The average Bonchev–Trinajstić information content (AvgIpc) is 3.10. The smallest absolute Gasteiger partial charge is 0.260 e. The van der Waals surface area contributed by atoms with Crippen LogP contribution in [0.1, 0.15) is 36.3 Å². The van der Waals surface area contributed by atoms with E-state index in [2.05, 4.69) is 15.2 Å². The molecule has 124 valence electrons. The number of carbonyl (C=O) groups excluding carboxylic acids is 1. The summed E-state index contributed by atoms with van der Waals surface area (Å²) in [6.45, 7) is 6.93. The van der Waals surface area contributed by atoms with Crippen molar-refractivity contribution < 1.29 is 14.1 Å². The highest BCUT2D eigenvalue weighted by Crippen LogP contribution is 2.22. The number of likely N-dealkylation sites (tertiary alicyclic amines) is 1. The number of piperidine rings is 1. The monoisotopic (exact) mass is 319 g/mol. The molecule has 0 N–H and O–H groups in total. The summed E-state index contributed by atoms with van der Waals surface area (Å²) in [6, 6.07) is 1.83. The zero-order valence-corrected chi connectivity index (χ0v) is 13.7. The van der Waals surface area contributed by atoms with Crippen LogP contribution in [-0.4, -0.2) is 50.4 Å². The molecule has 1 aliphatic heterocycles. The van der Waals surface area contributed by atoms with Gasteiger partial charge in [-0.15, -0.1) is 0 Å². The predicted molar refractivity (Wildman–Crippen MR) is 81.1 cm³/mol. The lowest BCUT2D eigenvalue weighted by Crippen LogP contribution is -2.43. The second-order valence-corrected chi connectivity index (χ2v) is 5.85. The van der Waals surface area contributed by atoms with E-state index in [4.69, 9.17) is 9.26 Å². The van der Waals surface area contributed by atoms with Crippen LogP contribution in [0.5, 0.6) is 5.88 Å². The molecule has 1 saturated heterocycles. The lowest BCUT2D eigenvalue weighted by atomic mass is 10.1. The van der Waals surface area contributed by atoms with Crippen LogP contribution in [0.3, 0.4) is 0 Å². The third kappa shape index (κ3) is 3.52. The Morgan fingerprint density at radius 3 is 2.91 bits per heavy atom. The molecule has 1 aliphatic rings. The fourth-order valence-electron chi connectivity index (χ4n) is 2.90. The van der Waals surface area contributed by atoms with Crippen LogP contribution in [0.15, 0.2) is 10.6 Å². The number of aromatic nitrogens is 4. The van der Waals surface area contributed by atoms with E-state index in [1.165, 1.54) is 0 Å². The van der Waals surface area contributed by atoms with E-state index >= 15 is 0 Å². The summed E-state index contributed by atoms with van der Waals surface area (Å²) >= 11 is 0. The summed E-state index contributed by atoms with van der Waals surface area (Å²) in [5.41, 5.74) is 0. The zero-order valence-electron chi connectivity index (χ0n) is 13.7. The van der Waals surface area contributed by atoms with Gasteiger partial charge in [-0.05, 0) is 38.8 Å². The molecule has 8 heteroatoms. The molecule has 1 unspecified atom stereocenters. The Bertz CT molecular complexity index is 693. The Morgan fingerprint density at radius 1 is 1.43 bits per heavy atom. The Balaban J connectivity index is 1.59. The maximum Gasteiger partial charge on any atom is 0.260 e. The second kappa shape index (κ2) is 6.39. The van der Waals surface area contributed by atoms with E-state index in [0.717, 1.165) is 31.0 Å². The fourth-order valence-corrected chi connectivity index (χ4v) is 2.90. The van der Waals surface area contributed by atoms with Gasteiger partial charge in [0.2, 0.25) is 0 Å². The molecule has 2 aromatic heterocycles. The van der Waals surface area contributed by atoms with Crippen molar-refractivity contribution in [3.05, 3.63) is 23.5 Å². The van der Waals surface area contributed by atoms with Gasteiger partial charge in [-0.3, -0.25) is 4.79 Å². The first kappa shape index (κ1) is 15.5. The minimum absolute atomic E-state index is 0.0337. The van der Waals surface area contributed by atoms with Crippen LogP contribution in [-0.2, 0) is 4.79 Å². The number of carbonyl (C=O) groups is 1. The minimum atomic E-state index is -0.0511. The summed E-state index contributed by atoms with van der Waals surface area (Å²) < 4.78 is 12.2. The molecule has 0 bridgehead atoms. The SMILES string of the molecule is Cc1nc(C)n(C2CCCN(C(=O)COc3cc(C)on3)C2)n1. The van der Waals surface area contributed by atoms with Crippen molar-refractivity contribution in [2.75, 3.05) is 19.7 Å². The molecule has 0 saturated carbocycles. The van der Waals surface area contributed by atoms with Crippen LogP contribution in [0.2, 0.25) is 0 Å². The van der Waals surface area contributed by atoms with Crippen molar-refractivity contribution in [1.82, 2.24) is 24.8 Å². The van der Waals surface area contributed by atoms with Gasteiger partial charge in [0.1, 0.15) is 17.4 Å². The first-order chi connectivity index (χ1) is 11.0. The van der Waals surface area contributed by atoms with Crippen molar-refractivity contribution in [2.45, 2.75) is 39.7 Å². The predicted octanol–water partition coefficient (Wildman–Crippen LogP) is 1.43. The standard InChI is InChI=1S/C15H21N5O3/c1-10-7-14(18-23-10)22-9-15(21)19-6-4-5-13(8-19)20-12(3)16-11(2)17-20/h7,13H,4-6,8-9H2,1-3H3. The van der Waals surface area contributed by atoms with Gasteiger partial charge in [0, 0.05) is 19.2 Å². The highest BCUT2D eigenvalue weighted by Gasteiger charge is 2.26. The van der Waals surface area contributed by atoms with E-state index in [9.17, 15) is 4.79 Å². The van der Waals surface area contributed by atoms with Gasteiger partial charge in [-0.1, -0.05) is 0 Å². The lowest BCUT2D eigenvalue weighted by Gasteiger charge is -2.33. The van der Waals surface area contributed by atoms with Crippen molar-refractivity contribution in [3.63, 3.8) is 0 Å². The number of rotatable bonds is 4. The number of aryl methyl sites for hydroxylation is 3. The number of ether oxygens (including phenoxy) is 1. The quantitative estimate of drug-likeness (QED) is 0.847. The second-order valence-electron chi connectivity index (χ2n) is 5.85. The van der Waals surface area contributed by atoms with E-state index in [0.29, 0.717) is 18.2 Å². The molecule has 23 heavy (non-hydrogen) atoms. The van der Waals surface area contributed by atoms with Gasteiger partial charge in [-0.25, -0.2) is 9.67 Å². The fraction of sp³-hybridized carbons (Fsp3) is 0.600. The van der Waals surface area contributed by atoms with Gasteiger partial charge in [0.15, 0.2) is 6.61 Å². The molecule has 0 radical (unpaired) electrons. The molecule has 1 atom stereocenters. The van der Waals surface area contributed by atoms with Crippen LogP contribution < -0.4 is 4.74 Å². The molecule has 3 heterocycles. The highest BCUT2D eigenvalue weighted by molar-refractivity contribution is 5.77. The highest BCUT2D eigenvalue weighted by atomic mass is 16.5. The summed E-state index contributed by atoms with van der Waals surface area (Å²) in [5, 5.41) is 8.16. The van der Waals surface area contributed by atoms with Crippen molar-refractivity contribution >= 4 is 5.91 Å². The van der Waals surface area contributed by atoms with Crippen LogP contribution in [0.4, 0.5) is 0 Å². The third-order valence-corrected chi connectivity index (χ3v) is 3.95. The molecule has 0 aliphatic carbocycles. The minimum Gasteiger partial charge on any atom is -0.465 e. The van der Waals surface area contributed by atoms with Crippen LogP contribution in [0, 0.1) is 20.8 Å². The van der Waals surface area contributed by atoms with E-state index in [1.807, 2.05) is 23.4 Å². The molecular formula is C15H21N5O3. The van der Waals surface area contributed by atoms with Crippen molar-refractivity contribution in [1.29, 1.82) is 0 Å². The molecule has 0 spiro atoms. The Kier molecular flexibility index (Phi) is 4.31. The maximum absolute atomic E-state index is 12.3. The van der Waals surface area contributed by atoms with Gasteiger partial charge in [-0.2, -0.15) is 5.10 Å². The van der Waals surface area contributed by atoms with Crippen LogP contribution in [0.25, 0.3) is 0 Å². The Labute approximate surface area is 134 Å². The van der Waals surface area contributed by atoms with Gasteiger partial charge in [0.25, 0.3) is 11.8 Å². The normalized spacial score (nSPS) is 18.2. The zero-order chi connectivity index (χ0) is 16.4. The number of nitrogens with zero attached hydrogens (tertiary/aromatic N) is 5. The molecule has 1 amide bonds. The van der Waals surface area contributed by atoms with Gasteiger partial charge in [0.05, 0.1) is 6.04 Å². The van der Waals surface area contributed by atoms with Crippen LogP contribution >= 0.6 is 0 Å². The van der Waals surface area contributed by atoms with Gasteiger partial charge < -0.3 is 14.2 Å². The third-order valence-electron chi connectivity index (χ3n) is 3.95. The first-order valence-corrected chi connectivity index (χ1v) is 7.76. The molecular weight excluding hydrogens is 298 g/mol. The topological polar surface area (TPSA) is 86.3 Å². The number of hydrogen-bond donors (Lipinski definition) is 0.